The van der Waals surface area contributed by atoms with Gasteiger partial charge in [-0.1, -0.05) is 23.7 Å². The van der Waals surface area contributed by atoms with Crippen LogP contribution in [0.1, 0.15) is 36.0 Å². The Morgan fingerprint density at radius 2 is 1.76 bits per heavy atom. The lowest BCUT2D eigenvalue weighted by Crippen LogP contribution is -2.47. The molecule has 1 spiro atoms. The van der Waals surface area contributed by atoms with E-state index < -0.39 is 13.0 Å². The summed E-state index contributed by atoms with van der Waals surface area (Å²) < 4.78 is 27.7. The maximum atomic E-state index is 13.4. The number of rotatable bonds is 4. The lowest BCUT2D eigenvalue weighted by molar-refractivity contribution is 0.0352. The number of carbonyl (C=O) groups excluding carboxylic acids is 1. The fourth-order valence-electron chi connectivity index (χ4n) is 5.39. The van der Waals surface area contributed by atoms with E-state index in [9.17, 15) is 13.6 Å². The van der Waals surface area contributed by atoms with Gasteiger partial charge in [0.2, 0.25) is 0 Å². The Labute approximate surface area is 203 Å². The number of piperidine rings is 2. The first-order valence-corrected chi connectivity index (χ1v) is 12.2. The second kappa shape index (κ2) is 9.27. The summed E-state index contributed by atoms with van der Waals surface area (Å²) in [7, 11) is 2.17. The third kappa shape index (κ3) is 4.56. The van der Waals surface area contributed by atoms with Crippen LogP contribution in [-0.2, 0) is 6.54 Å². The van der Waals surface area contributed by atoms with Crippen molar-refractivity contribution >= 4 is 28.4 Å². The summed E-state index contributed by atoms with van der Waals surface area (Å²) >= 11 is 6.17. The van der Waals surface area contributed by atoms with E-state index in [2.05, 4.69) is 17.0 Å². The minimum Gasteiger partial charge on any atom is -0.339 e. The molecule has 8 heteroatoms. The monoisotopic (exact) mass is 486 g/mol. The zero-order valence-corrected chi connectivity index (χ0v) is 20.1. The Morgan fingerprint density at radius 1 is 1.06 bits per heavy atom. The summed E-state index contributed by atoms with van der Waals surface area (Å²) in [4.78, 5) is 17.7. The first-order chi connectivity index (χ1) is 16.3. The number of nitrogens with zero attached hydrogens (tertiary/aromatic N) is 4. The van der Waals surface area contributed by atoms with Crippen molar-refractivity contribution in [3.8, 4) is 11.3 Å². The Bertz CT molecular complexity index is 1190. The molecule has 0 atom stereocenters. The van der Waals surface area contributed by atoms with E-state index in [1.54, 1.807) is 36.4 Å². The number of alkyl halides is 2. The second-order valence-corrected chi connectivity index (χ2v) is 10.2. The third-order valence-corrected chi connectivity index (χ3v) is 7.80. The smallest absolute Gasteiger partial charge is 0.257 e. The number of fused-ring (bicyclic) bond motifs is 1. The van der Waals surface area contributed by atoms with Crippen LogP contribution < -0.4 is 0 Å². The van der Waals surface area contributed by atoms with Gasteiger partial charge in [-0.25, -0.2) is 8.78 Å². The largest absolute Gasteiger partial charge is 0.339 e. The number of aromatic nitrogens is 2. The Hall–Kier alpha value is -2.51. The highest BCUT2D eigenvalue weighted by molar-refractivity contribution is 6.30. The van der Waals surface area contributed by atoms with E-state index in [-0.39, 0.29) is 5.91 Å². The highest BCUT2D eigenvalue weighted by Crippen LogP contribution is 2.41. The summed E-state index contributed by atoms with van der Waals surface area (Å²) in [5.41, 5.74) is 2.79. The average molecular weight is 487 g/mol. The van der Waals surface area contributed by atoms with Crippen LogP contribution in [0.2, 0.25) is 5.02 Å². The highest BCUT2D eigenvalue weighted by atomic mass is 35.5. The first-order valence-electron chi connectivity index (χ1n) is 11.9. The highest BCUT2D eigenvalue weighted by Gasteiger charge is 2.38. The first kappa shape index (κ1) is 23.2. The molecule has 0 unspecified atom stereocenters. The summed E-state index contributed by atoms with van der Waals surface area (Å²) in [5, 5.41) is 5.68. The van der Waals surface area contributed by atoms with Crippen molar-refractivity contribution in [2.24, 2.45) is 5.41 Å². The van der Waals surface area contributed by atoms with Gasteiger partial charge in [-0.05, 0) is 81.6 Å². The van der Waals surface area contributed by atoms with Crippen LogP contribution in [0.3, 0.4) is 0 Å². The van der Waals surface area contributed by atoms with Gasteiger partial charge in [0, 0.05) is 34.6 Å². The number of hydrogen-bond acceptors (Lipinski definition) is 3. The van der Waals surface area contributed by atoms with Crippen molar-refractivity contribution in [3.05, 3.63) is 53.1 Å². The number of halogens is 3. The number of benzene rings is 2. The van der Waals surface area contributed by atoms with Crippen molar-refractivity contribution < 1.29 is 13.6 Å². The van der Waals surface area contributed by atoms with Crippen LogP contribution in [0.4, 0.5) is 8.78 Å². The lowest BCUT2D eigenvalue weighted by atomic mass is 9.71. The van der Waals surface area contributed by atoms with Crippen molar-refractivity contribution in [1.82, 2.24) is 19.6 Å². The molecule has 34 heavy (non-hydrogen) atoms. The van der Waals surface area contributed by atoms with Gasteiger partial charge in [-0.3, -0.25) is 9.48 Å². The maximum absolute atomic E-state index is 13.4. The molecule has 1 aromatic heterocycles. The van der Waals surface area contributed by atoms with E-state index in [0.717, 1.165) is 44.6 Å². The van der Waals surface area contributed by atoms with Gasteiger partial charge in [0.1, 0.15) is 12.2 Å². The van der Waals surface area contributed by atoms with E-state index in [1.165, 1.54) is 17.5 Å². The van der Waals surface area contributed by atoms with Gasteiger partial charge < -0.3 is 9.80 Å². The molecule has 5 rings (SSSR count). The van der Waals surface area contributed by atoms with Gasteiger partial charge in [-0.2, -0.15) is 5.10 Å². The summed E-state index contributed by atoms with van der Waals surface area (Å²) in [6, 6.07) is 12.4. The Morgan fingerprint density at radius 3 is 2.44 bits per heavy atom. The molecule has 3 heterocycles. The van der Waals surface area contributed by atoms with Crippen molar-refractivity contribution in [3.63, 3.8) is 0 Å². The predicted molar refractivity (Wildman–Crippen MR) is 130 cm³/mol. The fraction of sp³-hybridized carbons (Fsp3) is 0.462. The fourth-order valence-corrected chi connectivity index (χ4v) is 5.58. The van der Waals surface area contributed by atoms with Crippen LogP contribution in [0.25, 0.3) is 22.2 Å². The van der Waals surface area contributed by atoms with Crippen LogP contribution in [0, 0.1) is 5.41 Å². The van der Waals surface area contributed by atoms with E-state index >= 15 is 0 Å². The van der Waals surface area contributed by atoms with Crippen LogP contribution in [-0.4, -0.2) is 65.1 Å². The molecule has 5 nitrogen and oxygen atoms in total. The van der Waals surface area contributed by atoms with Crippen LogP contribution >= 0.6 is 11.6 Å². The molecule has 0 bridgehead atoms. The molecule has 1 amide bonds. The molecule has 2 aliphatic rings. The zero-order chi connectivity index (χ0) is 23.9. The minimum absolute atomic E-state index is 0.0108. The SMILES string of the molecule is CN1CCC2(CC1)CCN(C(=O)c1ccc3c(c1)c(-c1cccc(Cl)c1)nn3CC(F)F)CC2. The van der Waals surface area contributed by atoms with Gasteiger partial charge in [0.05, 0.1) is 5.52 Å². The third-order valence-electron chi connectivity index (χ3n) is 7.57. The van der Waals surface area contributed by atoms with Crippen molar-refractivity contribution in [2.75, 3.05) is 33.2 Å². The van der Waals surface area contributed by atoms with E-state index in [1.807, 2.05) is 11.0 Å². The second-order valence-electron chi connectivity index (χ2n) is 9.76. The lowest BCUT2D eigenvalue weighted by Gasteiger charge is -2.46. The minimum atomic E-state index is -2.53. The quantitative estimate of drug-likeness (QED) is 0.484. The molecule has 0 aliphatic carbocycles. The maximum Gasteiger partial charge on any atom is 0.257 e. The number of hydrogen-bond donors (Lipinski definition) is 0. The molecule has 2 fully saturated rings. The molecule has 3 aromatic rings. The standard InChI is InChI=1S/C26H29ClF2N4O/c1-31-11-7-26(8-12-31)9-13-32(14-10-26)25(34)19-5-6-22-21(16-19)24(30-33(22)17-23(28)29)18-3-2-4-20(27)15-18/h2-6,15-16,23H,7-14,17H2,1H3. The molecular formula is C26H29ClF2N4O. The molecule has 0 N–H and O–H groups in total. The van der Waals surface area contributed by atoms with Gasteiger partial charge in [0.25, 0.3) is 12.3 Å². The normalized spacial score (nSPS) is 18.8. The molecule has 2 aliphatic heterocycles. The molecular weight excluding hydrogens is 458 g/mol. The van der Waals surface area contributed by atoms with Crippen molar-refractivity contribution in [1.29, 1.82) is 0 Å². The van der Waals surface area contributed by atoms with Gasteiger partial charge >= 0.3 is 0 Å². The molecule has 0 saturated carbocycles. The number of amides is 1. The van der Waals surface area contributed by atoms with Gasteiger partial charge in [-0.15, -0.1) is 0 Å². The predicted octanol–water partition coefficient (Wildman–Crippen LogP) is 5.57. The van der Waals surface area contributed by atoms with Crippen molar-refractivity contribution in [2.45, 2.75) is 38.7 Å². The molecule has 2 saturated heterocycles. The van der Waals surface area contributed by atoms with Crippen LogP contribution in [0.5, 0.6) is 0 Å². The summed E-state index contributed by atoms with van der Waals surface area (Å²) in [5.74, 6) is -0.0108. The van der Waals surface area contributed by atoms with Crippen LogP contribution in [0.15, 0.2) is 42.5 Å². The van der Waals surface area contributed by atoms with Gasteiger partial charge in [0.15, 0.2) is 0 Å². The average Bonchev–Trinajstić information content (AvgIpc) is 3.18. The zero-order valence-electron chi connectivity index (χ0n) is 19.3. The van der Waals surface area contributed by atoms with E-state index in [4.69, 9.17) is 11.6 Å². The molecule has 180 valence electrons. The summed E-state index contributed by atoms with van der Waals surface area (Å²) in [6.07, 6.45) is 1.94. The molecule has 2 aromatic carbocycles. The Kier molecular flexibility index (Phi) is 6.34. The Balaban J connectivity index is 1.43. The topological polar surface area (TPSA) is 41.4 Å². The summed E-state index contributed by atoms with van der Waals surface area (Å²) in [6.45, 7) is 3.26. The van der Waals surface area contributed by atoms with E-state index in [0.29, 0.717) is 32.6 Å². The number of likely N-dealkylation sites (tertiary alicyclic amines) is 2. The molecule has 0 radical (unpaired) electrons. The number of carbonyl (C=O) groups is 1.